The number of pyridine rings is 1. The van der Waals surface area contributed by atoms with E-state index in [2.05, 4.69) is 42.8 Å². The number of hydrogen-bond donors (Lipinski definition) is 3. The number of nitrogens with zero attached hydrogens (tertiary/aromatic N) is 5. The minimum atomic E-state index is -0.413. The van der Waals surface area contributed by atoms with Gasteiger partial charge in [0.05, 0.1) is 14.2 Å². The number of fused-ring (bicyclic) bond motifs is 1. The molecule has 0 aliphatic carbocycles. The highest BCUT2D eigenvalue weighted by molar-refractivity contribution is 5.96. The van der Waals surface area contributed by atoms with Crippen molar-refractivity contribution in [3.63, 3.8) is 0 Å². The van der Waals surface area contributed by atoms with Gasteiger partial charge < -0.3 is 29.9 Å². The second-order valence-corrected chi connectivity index (χ2v) is 10.8. The highest BCUT2D eigenvalue weighted by Gasteiger charge is 2.19. The van der Waals surface area contributed by atoms with Gasteiger partial charge in [0.15, 0.2) is 5.65 Å². The molecule has 1 aliphatic heterocycles. The highest BCUT2D eigenvalue weighted by Crippen LogP contribution is 2.35. The van der Waals surface area contributed by atoms with Crippen LogP contribution < -0.4 is 25.4 Å². The summed E-state index contributed by atoms with van der Waals surface area (Å²) in [6.07, 6.45) is 2.74. The summed E-state index contributed by atoms with van der Waals surface area (Å²) in [4.78, 5) is 31.6. The lowest BCUT2D eigenvalue weighted by atomic mass is 10.0. The first-order valence-electron chi connectivity index (χ1n) is 13.3. The van der Waals surface area contributed by atoms with E-state index in [9.17, 15) is 4.79 Å². The standard InChI is InChI=1S/C28H40N8O3/c1-28(2,3)34-27(37)33-25-23(19-14-21(38-5)17-22(15-19)39-6)16-20-18-30-26(32-24(20)31-25)29-8-7-9-36-12-10-35(4)11-13-36/h14-18H,7-13H2,1-6H3,(H3,29,30,31,32,33,34,37). The van der Waals surface area contributed by atoms with Crippen molar-refractivity contribution in [1.82, 2.24) is 30.1 Å². The zero-order valence-electron chi connectivity index (χ0n) is 23.8. The number of amides is 2. The molecular weight excluding hydrogens is 496 g/mol. The smallest absolute Gasteiger partial charge is 0.320 e. The van der Waals surface area contributed by atoms with E-state index in [0.29, 0.717) is 34.5 Å². The Kier molecular flexibility index (Phi) is 9.03. The van der Waals surface area contributed by atoms with Crippen LogP contribution in [0.3, 0.4) is 0 Å². The molecule has 0 bridgehead atoms. The van der Waals surface area contributed by atoms with E-state index in [1.54, 1.807) is 26.5 Å². The van der Waals surface area contributed by atoms with Crippen LogP contribution in [0.4, 0.5) is 16.6 Å². The molecule has 11 heteroatoms. The highest BCUT2D eigenvalue weighted by atomic mass is 16.5. The van der Waals surface area contributed by atoms with Gasteiger partial charge in [-0.25, -0.2) is 14.8 Å². The topological polar surface area (TPSA) is 117 Å². The van der Waals surface area contributed by atoms with Crippen LogP contribution in [0.2, 0.25) is 0 Å². The third-order valence-corrected chi connectivity index (χ3v) is 6.48. The number of benzene rings is 1. The molecule has 1 fully saturated rings. The molecule has 0 atom stereocenters. The van der Waals surface area contributed by atoms with Gasteiger partial charge in [-0.2, -0.15) is 4.98 Å². The summed E-state index contributed by atoms with van der Waals surface area (Å²) >= 11 is 0. The number of carbonyl (C=O) groups excluding carboxylic acids is 1. The number of nitrogens with one attached hydrogen (secondary N) is 3. The van der Waals surface area contributed by atoms with Crippen molar-refractivity contribution < 1.29 is 14.3 Å². The van der Waals surface area contributed by atoms with Crippen LogP contribution in [-0.2, 0) is 0 Å². The fraction of sp³-hybridized carbons (Fsp3) is 0.500. The monoisotopic (exact) mass is 536 g/mol. The molecule has 2 aromatic heterocycles. The van der Waals surface area contributed by atoms with Crippen LogP contribution in [0.15, 0.2) is 30.5 Å². The number of piperazine rings is 1. The Morgan fingerprint density at radius 1 is 1.00 bits per heavy atom. The third-order valence-electron chi connectivity index (χ3n) is 6.48. The second kappa shape index (κ2) is 12.4. The van der Waals surface area contributed by atoms with E-state index >= 15 is 0 Å². The Morgan fingerprint density at radius 3 is 2.33 bits per heavy atom. The average molecular weight is 537 g/mol. The number of aromatic nitrogens is 3. The van der Waals surface area contributed by atoms with Gasteiger partial charge in [-0.1, -0.05) is 0 Å². The van der Waals surface area contributed by atoms with Crippen molar-refractivity contribution >= 4 is 28.8 Å². The van der Waals surface area contributed by atoms with Crippen LogP contribution >= 0.6 is 0 Å². The normalized spacial score (nSPS) is 14.7. The van der Waals surface area contributed by atoms with Crippen molar-refractivity contribution in [2.45, 2.75) is 32.7 Å². The fourth-order valence-corrected chi connectivity index (χ4v) is 4.38. The molecule has 0 spiro atoms. The third kappa shape index (κ3) is 7.90. The second-order valence-electron chi connectivity index (χ2n) is 10.8. The quantitative estimate of drug-likeness (QED) is 0.352. The molecular formula is C28H40N8O3. The Balaban J connectivity index is 1.57. The van der Waals surface area contributed by atoms with Crippen LogP contribution in [0.25, 0.3) is 22.2 Å². The largest absolute Gasteiger partial charge is 0.497 e. The summed E-state index contributed by atoms with van der Waals surface area (Å²) in [7, 11) is 5.36. The Morgan fingerprint density at radius 2 is 1.69 bits per heavy atom. The molecule has 0 unspecified atom stereocenters. The predicted octanol–water partition coefficient (Wildman–Crippen LogP) is 3.68. The summed E-state index contributed by atoms with van der Waals surface area (Å²) in [5, 5.41) is 9.90. The van der Waals surface area contributed by atoms with Gasteiger partial charge in [0.1, 0.15) is 17.3 Å². The van der Waals surface area contributed by atoms with Crippen LogP contribution in [0.1, 0.15) is 27.2 Å². The first-order chi connectivity index (χ1) is 18.6. The van der Waals surface area contributed by atoms with Crippen molar-refractivity contribution in [2.24, 2.45) is 0 Å². The summed E-state index contributed by atoms with van der Waals surface area (Å²) in [6.45, 7) is 12.0. The van der Waals surface area contributed by atoms with Gasteiger partial charge in [0, 0.05) is 61.5 Å². The molecule has 0 saturated carbocycles. The minimum absolute atomic E-state index is 0.359. The van der Waals surface area contributed by atoms with Gasteiger partial charge >= 0.3 is 6.03 Å². The molecule has 1 aliphatic rings. The first kappa shape index (κ1) is 28.3. The molecule has 3 aromatic rings. The zero-order chi connectivity index (χ0) is 28.0. The number of rotatable bonds is 9. The van der Waals surface area contributed by atoms with Gasteiger partial charge in [-0.05, 0) is 64.5 Å². The van der Waals surface area contributed by atoms with Gasteiger partial charge in [-0.15, -0.1) is 0 Å². The summed E-state index contributed by atoms with van der Waals surface area (Å²) in [5.41, 5.74) is 1.54. The van der Waals surface area contributed by atoms with Gasteiger partial charge in [-0.3, -0.25) is 5.32 Å². The number of urea groups is 1. The Labute approximate surface area is 230 Å². The molecule has 1 aromatic carbocycles. The van der Waals surface area contributed by atoms with E-state index in [0.717, 1.165) is 56.6 Å². The predicted molar refractivity (Wildman–Crippen MR) is 155 cm³/mol. The zero-order valence-corrected chi connectivity index (χ0v) is 23.8. The SMILES string of the molecule is COc1cc(OC)cc(-c2cc3cnc(NCCCN4CCN(C)CC4)nc3nc2NC(=O)NC(C)(C)C)c1. The lowest BCUT2D eigenvalue weighted by molar-refractivity contribution is 0.154. The lowest BCUT2D eigenvalue weighted by Crippen LogP contribution is -2.44. The maximum absolute atomic E-state index is 12.8. The van der Waals surface area contributed by atoms with E-state index < -0.39 is 5.54 Å². The summed E-state index contributed by atoms with van der Waals surface area (Å²) in [5.74, 6) is 2.14. The minimum Gasteiger partial charge on any atom is -0.497 e. The van der Waals surface area contributed by atoms with Gasteiger partial charge in [0.25, 0.3) is 0 Å². The van der Waals surface area contributed by atoms with E-state index in [4.69, 9.17) is 14.5 Å². The maximum Gasteiger partial charge on any atom is 0.320 e. The van der Waals surface area contributed by atoms with Crippen molar-refractivity contribution in [1.29, 1.82) is 0 Å². The van der Waals surface area contributed by atoms with E-state index in [1.165, 1.54) is 0 Å². The Bertz CT molecular complexity index is 1260. The molecule has 1 saturated heterocycles. The van der Waals surface area contributed by atoms with Crippen LogP contribution in [-0.4, -0.2) is 96.9 Å². The molecule has 3 N–H and O–H groups in total. The number of carbonyl (C=O) groups is 1. The summed E-state index contributed by atoms with van der Waals surface area (Å²) < 4.78 is 10.9. The van der Waals surface area contributed by atoms with E-state index in [1.807, 2.05) is 39.0 Å². The van der Waals surface area contributed by atoms with Crippen molar-refractivity contribution in [3.05, 3.63) is 30.5 Å². The number of likely N-dealkylation sites (N-methyl/N-ethyl adjacent to an activating group) is 1. The van der Waals surface area contributed by atoms with E-state index in [-0.39, 0.29) is 6.03 Å². The molecule has 39 heavy (non-hydrogen) atoms. The molecule has 0 radical (unpaired) electrons. The number of ether oxygens (including phenoxy) is 2. The van der Waals surface area contributed by atoms with Crippen molar-refractivity contribution in [2.75, 3.05) is 71.2 Å². The fourth-order valence-electron chi connectivity index (χ4n) is 4.38. The van der Waals surface area contributed by atoms with Gasteiger partial charge in [0.2, 0.25) is 5.95 Å². The summed E-state index contributed by atoms with van der Waals surface area (Å²) in [6, 6.07) is 7.09. The lowest BCUT2D eigenvalue weighted by Gasteiger charge is -2.32. The van der Waals surface area contributed by atoms with Crippen LogP contribution in [0.5, 0.6) is 11.5 Å². The number of hydrogen-bond acceptors (Lipinski definition) is 9. The molecule has 11 nitrogen and oxygen atoms in total. The molecule has 4 rings (SSSR count). The van der Waals surface area contributed by atoms with Crippen LogP contribution in [0, 0.1) is 0 Å². The molecule has 3 heterocycles. The van der Waals surface area contributed by atoms with Crippen molar-refractivity contribution in [3.8, 4) is 22.6 Å². The number of methoxy groups -OCH3 is 2. The Hall–Kier alpha value is -3.70. The maximum atomic E-state index is 12.8. The molecule has 210 valence electrons. The number of anilines is 2. The molecule has 2 amide bonds. The average Bonchev–Trinajstić information content (AvgIpc) is 2.90. The first-order valence-corrected chi connectivity index (χ1v) is 13.3.